The van der Waals surface area contributed by atoms with Crippen LogP contribution in [0.5, 0.6) is 11.5 Å². The van der Waals surface area contributed by atoms with Crippen LogP contribution in [0.2, 0.25) is 0 Å². The summed E-state index contributed by atoms with van der Waals surface area (Å²) < 4.78 is 15.9. The Morgan fingerprint density at radius 1 is 1.16 bits per heavy atom. The number of hydrogen-bond donors (Lipinski definition) is 0. The predicted octanol–water partition coefficient (Wildman–Crippen LogP) is 3.04. The number of piperidine rings is 1. The summed E-state index contributed by atoms with van der Waals surface area (Å²) in [5.74, 6) is 1.04. The van der Waals surface area contributed by atoms with Crippen LogP contribution in [-0.2, 0) is 25.7 Å². The molecular formula is C24H36N2O6. The van der Waals surface area contributed by atoms with Crippen molar-refractivity contribution >= 4 is 11.9 Å². The molecule has 2 fully saturated rings. The Hall–Kier alpha value is -2.32. The van der Waals surface area contributed by atoms with Crippen molar-refractivity contribution in [3.63, 3.8) is 0 Å². The molecule has 2 heterocycles. The zero-order valence-electron chi connectivity index (χ0n) is 19.9. The van der Waals surface area contributed by atoms with E-state index in [9.17, 15) is 9.59 Å². The lowest BCUT2D eigenvalue weighted by Gasteiger charge is -2.46. The number of hydroxylamine groups is 2. The van der Waals surface area contributed by atoms with Gasteiger partial charge in [0.1, 0.15) is 11.5 Å². The maximum atomic E-state index is 12.8. The van der Waals surface area contributed by atoms with Gasteiger partial charge in [0.2, 0.25) is 5.91 Å². The van der Waals surface area contributed by atoms with Crippen LogP contribution in [0.15, 0.2) is 18.2 Å². The Labute approximate surface area is 190 Å². The fraction of sp³-hybridized carbons (Fsp3) is 0.667. The molecule has 8 nitrogen and oxygen atoms in total. The minimum absolute atomic E-state index is 0.130. The van der Waals surface area contributed by atoms with Gasteiger partial charge in [-0.25, -0.2) is 5.06 Å². The van der Waals surface area contributed by atoms with E-state index in [0.29, 0.717) is 31.9 Å². The number of rotatable bonds is 9. The van der Waals surface area contributed by atoms with Crippen LogP contribution in [-0.4, -0.2) is 68.4 Å². The predicted molar refractivity (Wildman–Crippen MR) is 119 cm³/mol. The van der Waals surface area contributed by atoms with Crippen LogP contribution in [0.4, 0.5) is 0 Å². The number of likely N-dealkylation sites (tertiary alicyclic amines) is 1. The second kappa shape index (κ2) is 10.5. The lowest BCUT2D eigenvalue weighted by atomic mass is 9.77. The number of methoxy groups -OCH3 is 3. The molecule has 1 amide bonds. The third-order valence-corrected chi connectivity index (χ3v) is 6.67. The van der Waals surface area contributed by atoms with E-state index in [1.165, 1.54) is 12.2 Å². The summed E-state index contributed by atoms with van der Waals surface area (Å²) in [4.78, 5) is 33.7. The molecule has 1 spiro atoms. The fourth-order valence-electron chi connectivity index (χ4n) is 4.74. The van der Waals surface area contributed by atoms with Gasteiger partial charge in [-0.2, -0.15) is 0 Å². The lowest BCUT2D eigenvalue weighted by Crippen LogP contribution is -2.57. The second-order valence-electron chi connectivity index (χ2n) is 9.04. The summed E-state index contributed by atoms with van der Waals surface area (Å²) >= 11 is 0. The van der Waals surface area contributed by atoms with Gasteiger partial charge in [-0.1, -0.05) is 19.9 Å². The third-order valence-electron chi connectivity index (χ3n) is 6.67. The first-order valence-corrected chi connectivity index (χ1v) is 11.3. The van der Waals surface area contributed by atoms with Gasteiger partial charge in [0.25, 0.3) is 0 Å². The van der Waals surface area contributed by atoms with Gasteiger partial charge < -0.3 is 14.2 Å². The minimum atomic E-state index is -0.651. The molecule has 0 aromatic heterocycles. The van der Waals surface area contributed by atoms with Crippen LogP contribution in [0.25, 0.3) is 0 Å². The van der Waals surface area contributed by atoms with Crippen LogP contribution < -0.4 is 9.47 Å². The van der Waals surface area contributed by atoms with E-state index in [1.54, 1.807) is 14.2 Å². The van der Waals surface area contributed by atoms with Gasteiger partial charge >= 0.3 is 5.97 Å². The summed E-state index contributed by atoms with van der Waals surface area (Å²) in [7, 11) is 4.67. The molecule has 1 aromatic carbocycles. The van der Waals surface area contributed by atoms with Crippen LogP contribution >= 0.6 is 0 Å². The number of nitrogens with zero attached hydrogens (tertiary/aromatic N) is 2. The van der Waals surface area contributed by atoms with Crippen LogP contribution in [0, 0.1) is 11.8 Å². The molecule has 2 aliphatic heterocycles. The second-order valence-corrected chi connectivity index (χ2v) is 9.04. The highest BCUT2D eigenvalue weighted by atomic mass is 16.7. The summed E-state index contributed by atoms with van der Waals surface area (Å²) in [6, 6.07) is 5.82. The molecule has 3 rings (SSSR count). The number of carbonyl (C=O) groups is 2. The Bertz CT molecular complexity index is 804. The van der Waals surface area contributed by atoms with E-state index < -0.39 is 11.5 Å². The quantitative estimate of drug-likeness (QED) is 0.538. The number of esters is 1. The topological polar surface area (TPSA) is 77.5 Å². The maximum Gasteiger partial charge on any atom is 0.311 e. The zero-order chi connectivity index (χ0) is 23.3. The molecule has 1 aromatic rings. The average Bonchev–Trinajstić information content (AvgIpc) is 3.06. The van der Waals surface area contributed by atoms with Gasteiger partial charge in [0.15, 0.2) is 0 Å². The van der Waals surface area contributed by atoms with Crippen molar-refractivity contribution in [1.82, 2.24) is 9.96 Å². The van der Waals surface area contributed by atoms with Gasteiger partial charge in [-0.3, -0.25) is 19.3 Å². The van der Waals surface area contributed by atoms with Crippen LogP contribution in [0.3, 0.4) is 0 Å². The third kappa shape index (κ3) is 5.02. The molecular weight excluding hydrogens is 412 g/mol. The average molecular weight is 449 g/mol. The van der Waals surface area contributed by atoms with Gasteiger partial charge in [0.05, 0.1) is 39.4 Å². The molecule has 178 valence electrons. The molecule has 0 N–H and O–H groups in total. The molecule has 2 aliphatic rings. The van der Waals surface area contributed by atoms with E-state index in [0.717, 1.165) is 36.6 Å². The first-order valence-electron chi connectivity index (χ1n) is 11.3. The summed E-state index contributed by atoms with van der Waals surface area (Å²) in [5.41, 5.74) is 0.420. The van der Waals surface area contributed by atoms with E-state index in [4.69, 9.17) is 19.0 Å². The molecule has 1 atom stereocenters. The highest BCUT2D eigenvalue weighted by Crippen LogP contribution is 2.45. The number of ether oxygens (including phenoxy) is 3. The normalized spacial score (nSPS) is 20.8. The molecule has 0 saturated carbocycles. The standard InChI is InChI=1S/C24H36N2O6/c1-17(2)8-13-32-26-22(27)15-20(23(28)31-5)24(26)9-11-25(12-10-24)16-18-6-7-19(29-3)14-21(18)30-4/h6-7,14,17,20H,8-13,15-16H2,1-5H3. The Morgan fingerprint density at radius 2 is 1.88 bits per heavy atom. The molecule has 1 unspecified atom stereocenters. The molecule has 8 heteroatoms. The molecule has 32 heavy (non-hydrogen) atoms. The van der Waals surface area contributed by atoms with Crippen molar-refractivity contribution in [1.29, 1.82) is 0 Å². The number of hydrogen-bond acceptors (Lipinski definition) is 7. The van der Waals surface area contributed by atoms with E-state index in [1.807, 2.05) is 18.2 Å². The summed E-state index contributed by atoms with van der Waals surface area (Å²) in [6.07, 6.45) is 2.30. The lowest BCUT2D eigenvalue weighted by molar-refractivity contribution is -0.224. The SMILES string of the molecule is COC(=O)C1CC(=O)N(OCCC(C)C)C12CCN(Cc1ccc(OC)cc1OC)CC2. The highest BCUT2D eigenvalue weighted by molar-refractivity contribution is 5.88. The Kier molecular flexibility index (Phi) is 8.00. The zero-order valence-corrected chi connectivity index (χ0v) is 19.9. The van der Waals surface area contributed by atoms with Crippen molar-refractivity contribution in [3.05, 3.63) is 23.8 Å². The largest absolute Gasteiger partial charge is 0.497 e. The summed E-state index contributed by atoms with van der Waals surface area (Å²) in [5, 5.41) is 1.52. The maximum absolute atomic E-state index is 12.8. The van der Waals surface area contributed by atoms with Crippen LogP contribution in [0.1, 0.15) is 45.1 Å². The van der Waals surface area contributed by atoms with Gasteiger partial charge in [-0.15, -0.1) is 0 Å². The van der Waals surface area contributed by atoms with Crippen molar-refractivity contribution < 1.29 is 28.6 Å². The smallest absolute Gasteiger partial charge is 0.311 e. The number of carbonyl (C=O) groups excluding carboxylic acids is 2. The van der Waals surface area contributed by atoms with Crippen molar-refractivity contribution in [2.45, 2.75) is 51.6 Å². The highest BCUT2D eigenvalue weighted by Gasteiger charge is 2.58. The first-order chi connectivity index (χ1) is 15.3. The molecule has 0 aliphatic carbocycles. The van der Waals surface area contributed by atoms with E-state index >= 15 is 0 Å². The monoisotopic (exact) mass is 448 g/mol. The van der Waals surface area contributed by atoms with Crippen molar-refractivity contribution in [2.75, 3.05) is 41.0 Å². The fourth-order valence-corrected chi connectivity index (χ4v) is 4.74. The number of benzene rings is 1. The van der Waals surface area contributed by atoms with E-state index in [2.05, 4.69) is 18.7 Å². The molecule has 2 saturated heterocycles. The Balaban J connectivity index is 1.73. The van der Waals surface area contributed by atoms with E-state index in [-0.39, 0.29) is 18.3 Å². The summed E-state index contributed by atoms with van der Waals surface area (Å²) in [6.45, 7) is 6.89. The molecule has 0 radical (unpaired) electrons. The van der Waals surface area contributed by atoms with Gasteiger partial charge in [0, 0.05) is 37.7 Å². The van der Waals surface area contributed by atoms with Crippen molar-refractivity contribution in [3.8, 4) is 11.5 Å². The Morgan fingerprint density at radius 3 is 2.47 bits per heavy atom. The van der Waals surface area contributed by atoms with Gasteiger partial charge in [-0.05, 0) is 31.2 Å². The minimum Gasteiger partial charge on any atom is -0.497 e. The molecule has 0 bridgehead atoms. The first kappa shape index (κ1) is 24.3. The van der Waals surface area contributed by atoms with Crippen molar-refractivity contribution in [2.24, 2.45) is 11.8 Å². The number of amides is 1.